The van der Waals surface area contributed by atoms with E-state index in [0.717, 1.165) is 49.5 Å². The predicted octanol–water partition coefficient (Wildman–Crippen LogP) is 6.80. The SMILES string of the molecule is CCc1ccc(N(CCCC(=O)N(Cc2c(Cl)cccc2Cl)[C@@H](Cc2ccccc2)C(=O)NC2CCCC2)S(C)(=O)=O)cc1. The summed E-state index contributed by atoms with van der Waals surface area (Å²) >= 11 is 13.1. The quantitative estimate of drug-likeness (QED) is 0.207. The fourth-order valence-corrected chi connectivity index (χ4v) is 7.16. The summed E-state index contributed by atoms with van der Waals surface area (Å²) in [6.45, 7) is 2.20. The summed E-state index contributed by atoms with van der Waals surface area (Å²) in [5, 5.41) is 4.00. The highest BCUT2D eigenvalue weighted by atomic mass is 35.5. The van der Waals surface area contributed by atoms with Crippen LogP contribution in [0.5, 0.6) is 0 Å². The molecule has 10 heteroatoms. The summed E-state index contributed by atoms with van der Waals surface area (Å²) in [5.74, 6) is -0.496. The van der Waals surface area contributed by atoms with Gasteiger partial charge in [-0.25, -0.2) is 8.42 Å². The van der Waals surface area contributed by atoms with Crippen molar-refractivity contribution in [1.29, 1.82) is 0 Å². The van der Waals surface area contributed by atoms with Gasteiger partial charge in [0.2, 0.25) is 21.8 Å². The van der Waals surface area contributed by atoms with Crippen LogP contribution in [-0.2, 0) is 39.0 Å². The molecule has 1 atom stereocenters. The second kappa shape index (κ2) is 15.8. The van der Waals surface area contributed by atoms with Crippen molar-refractivity contribution in [3.8, 4) is 0 Å². The first-order valence-corrected chi connectivity index (χ1v) is 17.8. The largest absolute Gasteiger partial charge is 0.352 e. The van der Waals surface area contributed by atoms with E-state index >= 15 is 0 Å². The lowest BCUT2D eigenvalue weighted by Gasteiger charge is -2.33. The van der Waals surface area contributed by atoms with Crippen molar-refractivity contribution in [3.05, 3.63) is 99.5 Å². The maximum Gasteiger partial charge on any atom is 0.243 e. The summed E-state index contributed by atoms with van der Waals surface area (Å²) < 4.78 is 26.8. The van der Waals surface area contributed by atoms with Gasteiger partial charge >= 0.3 is 0 Å². The van der Waals surface area contributed by atoms with Gasteiger partial charge in [0.15, 0.2) is 0 Å². The number of benzene rings is 3. The number of anilines is 1. The molecule has 1 aliphatic carbocycles. The molecule has 0 spiro atoms. The van der Waals surface area contributed by atoms with Crippen LogP contribution in [0.3, 0.4) is 0 Å². The topological polar surface area (TPSA) is 86.8 Å². The van der Waals surface area contributed by atoms with E-state index < -0.39 is 16.1 Å². The third-order valence-corrected chi connectivity index (χ3v) is 10.0. The molecular formula is C34H41Cl2N3O4S. The standard InChI is InChI=1S/C34H41Cl2N3O4S/c1-3-25-18-20-28(21-19-25)39(44(2,42)43)22-10-17-33(40)38(24-29-30(35)15-9-16-31(29)36)32(23-26-11-5-4-6-12-26)34(41)37-27-13-7-8-14-27/h4-6,9,11-12,15-16,18-21,27,32H,3,7-8,10,13-14,17,22-24H2,1-2H3,(H,37,41)/t32-/m0/s1. The molecule has 0 unspecified atom stereocenters. The van der Waals surface area contributed by atoms with Crippen molar-refractivity contribution >= 4 is 50.7 Å². The summed E-state index contributed by atoms with van der Waals surface area (Å²) in [6.07, 6.45) is 6.55. The first-order chi connectivity index (χ1) is 21.1. The van der Waals surface area contributed by atoms with Gasteiger partial charge in [-0.2, -0.15) is 0 Å². The molecule has 2 amide bonds. The highest BCUT2D eigenvalue weighted by Gasteiger charge is 2.33. The maximum absolute atomic E-state index is 14.1. The normalized spacial score (nSPS) is 14.3. The second-order valence-corrected chi connectivity index (χ2v) is 14.1. The predicted molar refractivity (Wildman–Crippen MR) is 179 cm³/mol. The average molecular weight is 659 g/mol. The number of nitrogens with one attached hydrogen (secondary N) is 1. The Morgan fingerprint density at radius 3 is 2.14 bits per heavy atom. The van der Waals surface area contributed by atoms with Gasteiger partial charge < -0.3 is 10.2 Å². The molecule has 236 valence electrons. The van der Waals surface area contributed by atoms with Crippen molar-refractivity contribution in [2.24, 2.45) is 0 Å². The zero-order valence-corrected chi connectivity index (χ0v) is 27.7. The molecule has 1 N–H and O–H groups in total. The zero-order valence-electron chi connectivity index (χ0n) is 25.3. The molecular weight excluding hydrogens is 617 g/mol. The highest BCUT2D eigenvalue weighted by Crippen LogP contribution is 2.28. The van der Waals surface area contributed by atoms with Crippen LogP contribution in [0.2, 0.25) is 10.0 Å². The lowest BCUT2D eigenvalue weighted by atomic mass is 10.0. The monoisotopic (exact) mass is 657 g/mol. The molecule has 3 aromatic rings. The molecule has 0 saturated heterocycles. The number of nitrogens with zero attached hydrogens (tertiary/aromatic N) is 2. The van der Waals surface area contributed by atoms with E-state index in [1.807, 2.05) is 49.4 Å². The second-order valence-electron chi connectivity index (χ2n) is 11.4. The van der Waals surface area contributed by atoms with Crippen LogP contribution in [0.4, 0.5) is 5.69 Å². The maximum atomic E-state index is 14.1. The number of halogens is 2. The van der Waals surface area contributed by atoms with Crippen LogP contribution >= 0.6 is 23.2 Å². The van der Waals surface area contributed by atoms with Crippen molar-refractivity contribution in [2.45, 2.75) is 76.9 Å². The van der Waals surface area contributed by atoms with Crippen LogP contribution in [0, 0.1) is 0 Å². The van der Waals surface area contributed by atoms with E-state index in [-0.39, 0.29) is 43.8 Å². The van der Waals surface area contributed by atoms with Gasteiger partial charge in [0.1, 0.15) is 6.04 Å². The molecule has 1 aliphatic rings. The van der Waals surface area contributed by atoms with Gasteiger partial charge in [-0.05, 0) is 61.1 Å². The van der Waals surface area contributed by atoms with E-state index in [4.69, 9.17) is 23.2 Å². The number of carbonyl (C=O) groups is 2. The molecule has 1 fully saturated rings. The van der Waals surface area contributed by atoms with E-state index in [2.05, 4.69) is 5.32 Å². The highest BCUT2D eigenvalue weighted by molar-refractivity contribution is 7.92. The Hall–Kier alpha value is -3.07. The first-order valence-electron chi connectivity index (χ1n) is 15.2. The van der Waals surface area contributed by atoms with Crippen molar-refractivity contribution in [2.75, 3.05) is 17.1 Å². The molecule has 0 heterocycles. The van der Waals surface area contributed by atoms with Gasteiger partial charge in [-0.1, -0.05) is 91.5 Å². The molecule has 0 aliphatic heterocycles. The van der Waals surface area contributed by atoms with E-state index in [1.165, 1.54) is 4.31 Å². The summed E-state index contributed by atoms with van der Waals surface area (Å²) in [5.41, 5.74) is 3.13. The summed E-state index contributed by atoms with van der Waals surface area (Å²) in [4.78, 5) is 29.5. The van der Waals surface area contributed by atoms with Crippen LogP contribution in [0.25, 0.3) is 0 Å². The Morgan fingerprint density at radius 2 is 1.55 bits per heavy atom. The Kier molecular flexibility index (Phi) is 12.1. The lowest BCUT2D eigenvalue weighted by molar-refractivity contribution is -0.141. The molecule has 0 aromatic heterocycles. The van der Waals surface area contributed by atoms with Crippen LogP contribution in [-0.4, -0.2) is 50.0 Å². The number of aryl methyl sites for hydroxylation is 1. The molecule has 7 nitrogen and oxygen atoms in total. The number of rotatable bonds is 14. The summed E-state index contributed by atoms with van der Waals surface area (Å²) in [7, 11) is -3.59. The number of sulfonamides is 1. The van der Waals surface area contributed by atoms with Gasteiger partial charge in [0.05, 0.1) is 11.9 Å². The fraction of sp³-hybridized carbons (Fsp3) is 0.412. The van der Waals surface area contributed by atoms with E-state index in [0.29, 0.717) is 27.7 Å². The molecule has 1 saturated carbocycles. The third kappa shape index (κ3) is 9.22. The van der Waals surface area contributed by atoms with E-state index in [9.17, 15) is 18.0 Å². The number of amides is 2. The van der Waals surface area contributed by atoms with Gasteiger partial charge in [0, 0.05) is 47.6 Å². The number of carbonyl (C=O) groups excluding carboxylic acids is 2. The third-order valence-electron chi connectivity index (χ3n) is 8.15. The van der Waals surface area contributed by atoms with Crippen molar-refractivity contribution in [1.82, 2.24) is 10.2 Å². The lowest BCUT2D eigenvalue weighted by Crippen LogP contribution is -2.52. The molecule has 3 aromatic carbocycles. The van der Waals surface area contributed by atoms with Crippen LogP contribution in [0.15, 0.2) is 72.8 Å². The Bertz CT molecular complexity index is 1490. The van der Waals surface area contributed by atoms with Gasteiger partial charge in [-0.15, -0.1) is 0 Å². The molecule has 0 radical (unpaired) electrons. The minimum Gasteiger partial charge on any atom is -0.352 e. The minimum atomic E-state index is -3.59. The Labute approximate surface area is 271 Å². The molecule has 44 heavy (non-hydrogen) atoms. The Morgan fingerprint density at radius 1 is 0.909 bits per heavy atom. The van der Waals surface area contributed by atoms with Crippen molar-refractivity contribution in [3.63, 3.8) is 0 Å². The number of hydrogen-bond acceptors (Lipinski definition) is 4. The van der Waals surface area contributed by atoms with Gasteiger partial charge in [0.25, 0.3) is 0 Å². The fourth-order valence-electron chi connectivity index (χ4n) is 5.68. The Balaban J connectivity index is 1.61. The summed E-state index contributed by atoms with van der Waals surface area (Å²) in [6, 6.07) is 21.4. The number of hydrogen-bond donors (Lipinski definition) is 1. The smallest absolute Gasteiger partial charge is 0.243 e. The van der Waals surface area contributed by atoms with Crippen LogP contribution < -0.4 is 9.62 Å². The van der Waals surface area contributed by atoms with Crippen LogP contribution in [0.1, 0.15) is 62.1 Å². The van der Waals surface area contributed by atoms with E-state index in [1.54, 1.807) is 35.2 Å². The minimum absolute atomic E-state index is 0.0309. The molecule has 0 bridgehead atoms. The van der Waals surface area contributed by atoms with Crippen molar-refractivity contribution < 1.29 is 18.0 Å². The zero-order chi connectivity index (χ0) is 31.7. The van der Waals surface area contributed by atoms with Gasteiger partial charge in [-0.3, -0.25) is 13.9 Å². The molecule has 4 rings (SSSR count). The average Bonchev–Trinajstić information content (AvgIpc) is 3.51. The first kappa shape index (κ1) is 33.8.